The van der Waals surface area contributed by atoms with Gasteiger partial charge in [0.25, 0.3) is 0 Å². The summed E-state index contributed by atoms with van der Waals surface area (Å²) >= 11 is 6.51. The van der Waals surface area contributed by atoms with Crippen molar-refractivity contribution < 1.29 is 0 Å². The van der Waals surface area contributed by atoms with Gasteiger partial charge in [0.15, 0.2) is 0 Å². The quantitative estimate of drug-likeness (QED) is 0.820. The molecule has 0 radical (unpaired) electrons. The zero-order valence-corrected chi connectivity index (χ0v) is 13.7. The van der Waals surface area contributed by atoms with Crippen LogP contribution in [0.15, 0.2) is 30.3 Å². The van der Waals surface area contributed by atoms with E-state index in [4.69, 9.17) is 11.6 Å². The van der Waals surface area contributed by atoms with E-state index in [1.54, 1.807) is 0 Å². The Bertz CT molecular complexity index is 672. The number of halogens is 1. The molecule has 2 aromatic carbocycles. The normalized spacial score (nSPS) is 14.5. The SMILES string of the molecule is Cc1ccc(CNC2CC2)c(-c2cc(C)c(C)cc2Cl)c1. The summed E-state index contributed by atoms with van der Waals surface area (Å²) in [7, 11) is 0. The Kier molecular flexibility index (Phi) is 4.05. The molecule has 0 aromatic heterocycles. The number of benzene rings is 2. The molecule has 3 rings (SSSR count). The zero-order chi connectivity index (χ0) is 15.0. The molecular weight excluding hydrogens is 278 g/mol. The van der Waals surface area contributed by atoms with Crippen molar-refractivity contribution in [3.05, 3.63) is 57.6 Å². The monoisotopic (exact) mass is 299 g/mol. The molecule has 2 heteroatoms. The molecule has 1 aliphatic rings. The summed E-state index contributed by atoms with van der Waals surface area (Å²) in [6, 6.07) is 11.7. The van der Waals surface area contributed by atoms with Gasteiger partial charge in [0, 0.05) is 23.2 Å². The maximum atomic E-state index is 6.51. The van der Waals surface area contributed by atoms with Crippen LogP contribution in [0.1, 0.15) is 35.1 Å². The molecule has 0 amide bonds. The van der Waals surface area contributed by atoms with E-state index in [1.165, 1.54) is 40.7 Å². The molecule has 0 atom stereocenters. The van der Waals surface area contributed by atoms with Crippen molar-refractivity contribution in [2.45, 2.75) is 46.2 Å². The second-order valence-corrected chi connectivity index (χ2v) is 6.64. The second kappa shape index (κ2) is 5.82. The van der Waals surface area contributed by atoms with Gasteiger partial charge >= 0.3 is 0 Å². The maximum absolute atomic E-state index is 6.51. The van der Waals surface area contributed by atoms with Crippen LogP contribution >= 0.6 is 11.6 Å². The lowest BCUT2D eigenvalue weighted by molar-refractivity contribution is 0.688. The molecule has 1 fully saturated rings. The largest absolute Gasteiger partial charge is 0.310 e. The summed E-state index contributed by atoms with van der Waals surface area (Å²) in [4.78, 5) is 0. The van der Waals surface area contributed by atoms with Crippen LogP contribution in [0, 0.1) is 20.8 Å². The average molecular weight is 300 g/mol. The van der Waals surface area contributed by atoms with Crippen LogP contribution in [0.25, 0.3) is 11.1 Å². The average Bonchev–Trinajstić information content (AvgIpc) is 3.25. The molecule has 21 heavy (non-hydrogen) atoms. The minimum absolute atomic E-state index is 0.717. The Morgan fingerprint density at radius 2 is 1.71 bits per heavy atom. The molecule has 1 aliphatic carbocycles. The second-order valence-electron chi connectivity index (χ2n) is 6.23. The molecule has 0 unspecified atom stereocenters. The minimum atomic E-state index is 0.717. The summed E-state index contributed by atoms with van der Waals surface area (Å²) in [6.07, 6.45) is 2.62. The molecule has 1 nitrogen and oxygen atoms in total. The number of hydrogen-bond donors (Lipinski definition) is 1. The van der Waals surface area contributed by atoms with Gasteiger partial charge < -0.3 is 5.32 Å². The Labute approximate surface area is 132 Å². The molecule has 2 aromatic rings. The molecule has 1 saturated carbocycles. The van der Waals surface area contributed by atoms with Gasteiger partial charge in [0.05, 0.1) is 0 Å². The van der Waals surface area contributed by atoms with E-state index in [-0.39, 0.29) is 0 Å². The Morgan fingerprint density at radius 3 is 2.43 bits per heavy atom. The molecule has 110 valence electrons. The summed E-state index contributed by atoms with van der Waals surface area (Å²) in [5.41, 5.74) is 7.55. The van der Waals surface area contributed by atoms with E-state index < -0.39 is 0 Å². The highest BCUT2D eigenvalue weighted by Gasteiger charge is 2.21. The first-order chi connectivity index (χ1) is 10.0. The lowest BCUT2D eigenvalue weighted by Gasteiger charge is -2.15. The topological polar surface area (TPSA) is 12.0 Å². The van der Waals surface area contributed by atoms with Crippen LogP contribution in [-0.2, 0) is 6.54 Å². The van der Waals surface area contributed by atoms with Gasteiger partial charge in [-0.1, -0.05) is 35.4 Å². The fraction of sp³-hybridized carbons (Fsp3) is 0.368. The van der Waals surface area contributed by atoms with Crippen molar-refractivity contribution in [3.63, 3.8) is 0 Å². The van der Waals surface area contributed by atoms with E-state index in [9.17, 15) is 0 Å². The van der Waals surface area contributed by atoms with Crippen LogP contribution in [0.2, 0.25) is 5.02 Å². The fourth-order valence-corrected chi connectivity index (χ4v) is 2.94. The van der Waals surface area contributed by atoms with Gasteiger partial charge in [-0.15, -0.1) is 0 Å². The minimum Gasteiger partial charge on any atom is -0.310 e. The Hall–Kier alpha value is -1.31. The van der Waals surface area contributed by atoms with E-state index in [0.29, 0.717) is 0 Å². The van der Waals surface area contributed by atoms with Crippen molar-refractivity contribution in [1.82, 2.24) is 5.32 Å². The van der Waals surface area contributed by atoms with Crippen molar-refractivity contribution in [3.8, 4) is 11.1 Å². The van der Waals surface area contributed by atoms with Gasteiger partial charge in [-0.3, -0.25) is 0 Å². The van der Waals surface area contributed by atoms with Gasteiger partial charge in [-0.25, -0.2) is 0 Å². The van der Waals surface area contributed by atoms with E-state index in [1.807, 2.05) is 0 Å². The van der Waals surface area contributed by atoms with Crippen molar-refractivity contribution >= 4 is 11.6 Å². The fourth-order valence-electron chi connectivity index (χ4n) is 2.62. The number of hydrogen-bond acceptors (Lipinski definition) is 1. The first-order valence-corrected chi connectivity index (χ1v) is 8.02. The molecule has 0 aliphatic heterocycles. The smallest absolute Gasteiger partial charge is 0.0487 e. The van der Waals surface area contributed by atoms with Crippen LogP contribution in [0.5, 0.6) is 0 Å². The summed E-state index contributed by atoms with van der Waals surface area (Å²) < 4.78 is 0. The number of aryl methyl sites for hydroxylation is 3. The first kappa shape index (κ1) is 14.6. The van der Waals surface area contributed by atoms with Gasteiger partial charge in [0.2, 0.25) is 0 Å². The van der Waals surface area contributed by atoms with Crippen molar-refractivity contribution in [1.29, 1.82) is 0 Å². The highest BCUT2D eigenvalue weighted by atomic mass is 35.5. The lowest BCUT2D eigenvalue weighted by Crippen LogP contribution is -2.16. The Morgan fingerprint density at radius 1 is 1.00 bits per heavy atom. The molecular formula is C19H22ClN. The van der Waals surface area contributed by atoms with Gasteiger partial charge in [-0.05, 0) is 68.0 Å². The highest BCUT2D eigenvalue weighted by Crippen LogP contribution is 2.34. The number of rotatable bonds is 4. The standard InChI is InChI=1S/C19H22ClN/c1-12-4-5-15(11-21-16-6-7-16)17(8-12)18-9-13(2)14(3)10-19(18)20/h4-5,8-10,16,21H,6-7,11H2,1-3H3. The zero-order valence-electron chi connectivity index (χ0n) is 13.0. The van der Waals surface area contributed by atoms with E-state index in [0.717, 1.165) is 23.2 Å². The van der Waals surface area contributed by atoms with Crippen LogP contribution in [0.3, 0.4) is 0 Å². The maximum Gasteiger partial charge on any atom is 0.0487 e. The summed E-state index contributed by atoms with van der Waals surface area (Å²) in [6.45, 7) is 7.31. The van der Waals surface area contributed by atoms with E-state index in [2.05, 4.69) is 56.4 Å². The third-order valence-electron chi connectivity index (χ3n) is 4.30. The van der Waals surface area contributed by atoms with Crippen LogP contribution < -0.4 is 5.32 Å². The molecule has 0 heterocycles. The molecule has 1 N–H and O–H groups in total. The predicted octanol–water partition coefficient (Wildman–Crippen LogP) is 5.18. The van der Waals surface area contributed by atoms with E-state index >= 15 is 0 Å². The van der Waals surface area contributed by atoms with Crippen LogP contribution in [-0.4, -0.2) is 6.04 Å². The number of nitrogens with one attached hydrogen (secondary N) is 1. The lowest BCUT2D eigenvalue weighted by atomic mass is 9.95. The van der Waals surface area contributed by atoms with Gasteiger partial charge in [0.1, 0.15) is 0 Å². The summed E-state index contributed by atoms with van der Waals surface area (Å²) in [5.74, 6) is 0. The van der Waals surface area contributed by atoms with Gasteiger partial charge in [-0.2, -0.15) is 0 Å². The highest BCUT2D eigenvalue weighted by molar-refractivity contribution is 6.33. The molecule has 0 bridgehead atoms. The third-order valence-corrected chi connectivity index (χ3v) is 4.61. The molecule has 0 spiro atoms. The molecule has 0 saturated heterocycles. The Balaban J connectivity index is 2.02. The predicted molar refractivity (Wildman–Crippen MR) is 91.0 cm³/mol. The first-order valence-electron chi connectivity index (χ1n) is 7.64. The van der Waals surface area contributed by atoms with Crippen molar-refractivity contribution in [2.24, 2.45) is 0 Å². The third kappa shape index (κ3) is 3.30. The van der Waals surface area contributed by atoms with Crippen LogP contribution in [0.4, 0.5) is 0 Å². The summed E-state index contributed by atoms with van der Waals surface area (Å²) in [5, 5.41) is 4.45. The van der Waals surface area contributed by atoms with Crippen molar-refractivity contribution in [2.75, 3.05) is 0 Å².